The highest BCUT2D eigenvalue weighted by Crippen LogP contribution is 2.35. The summed E-state index contributed by atoms with van der Waals surface area (Å²) >= 11 is 5.95. The second-order valence-electron chi connectivity index (χ2n) is 9.01. The monoisotopic (exact) mass is 441 g/mol. The summed E-state index contributed by atoms with van der Waals surface area (Å²) in [6, 6.07) is 27.7. The number of fused-ring (bicyclic) bond motifs is 2. The van der Waals surface area contributed by atoms with Crippen molar-refractivity contribution in [2.45, 2.75) is 52.3 Å². The van der Waals surface area contributed by atoms with E-state index >= 15 is 0 Å². The minimum atomic E-state index is -0.638. The molecule has 2 nitrogen and oxygen atoms in total. The standard InChI is InChI=1S/C29H31NOS/c1-19(2)30(20(3)4)29(32)26-16-10-7-13-23(26)18-27(31)28-24-14-8-5-11-21(24)17-22-12-6-9-15-25(22)28/h5-17,19-20,27,31H,18H2,1-4H3. The first kappa shape index (κ1) is 22.4. The molecule has 0 spiro atoms. The molecule has 0 heterocycles. The zero-order valence-corrected chi connectivity index (χ0v) is 20.1. The lowest BCUT2D eigenvalue weighted by atomic mass is 9.89. The van der Waals surface area contributed by atoms with Crippen LogP contribution in [0.15, 0.2) is 78.9 Å². The van der Waals surface area contributed by atoms with Crippen LogP contribution >= 0.6 is 12.2 Å². The van der Waals surface area contributed by atoms with E-state index in [-0.39, 0.29) is 0 Å². The largest absolute Gasteiger partial charge is 0.388 e. The number of aliphatic hydroxyl groups excluding tert-OH is 1. The summed E-state index contributed by atoms with van der Waals surface area (Å²) in [5.74, 6) is 0. The van der Waals surface area contributed by atoms with Gasteiger partial charge in [-0.2, -0.15) is 0 Å². The number of aliphatic hydroxyl groups is 1. The third kappa shape index (κ3) is 4.28. The second kappa shape index (κ2) is 9.40. The summed E-state index contributed by atoms with van der Waals surface area (Å²) in [7, 11) is 0. The van der Waals surface area contributed by atoms with E-state index in [2.05, 4.69) is 75.1 Å². The molecule has 0 saturated carbocycles. The van der Waals surface area contributed by atoms with Crippen molar-refractivity contribution < 1.29 is 5.11 Å². The molecule has 1 atom stereocenters. The number of rotatable bonds is 6. The summed E-state index contributed by atoms with van der Waals surface area (Å²) in [6.07, 6.45) is -0.125. The third-order valence-corrected chi connectivity index (χ3v) is 6.59. The summed E-state index contributed by atoms with van der Waals surface area (Å²) in [5.41, 5.74) is 3.10. The molecule has 4 rings (SSSR count). The first-order valence-electron chi connectivity index (χ1n) is 11.4. The lowest BCUT2D eigenvalue weighted by Crippen LogP contribution is -2.41. The molecule has 4 aromatic rings. The molecule has 0 aliphatic rings. The Morgan fingerprint density at radius 2 is 1.28 bits per heavy atom. The van der Waals surface area contributed by atoms with Crippen molar-refractivity contribution in [3.05, 3.63) is 95.6 Å². The molecule has 1 N–H and O–H groups in total. The van der Waals surface area contributed by atoms with Crippen molar-refractivity contribution in [3.63, 3.8) is 0 Å². The van der Waals surface area contributed by atoms with Crippen LogP contribution in [0.3, 0.4) is 0 Å². The van der Waals surface area contributed by atoms with E-state index in [1.165, 1.54) is 0 Å². The van der Waals surface area contributed by atoms with Gasteiger partial charge in [-0.25, -0.2) is 0 Å². The van der Waals surface area contributed by atoms with E-state index in [1.54, 1.807) is 0 Å². The van der Waals surface area contributed by atoms with Gasteiger partial charge < -0.3 is 10.0 Å². The van der Waals surface area contributed by atoms with Gasteiger partial charge in [-0.15, -0.1) is 0 Å². The highest BCUT2D eigenvalue weighted by atomic mass is 32.1. The average Bonchev–Trinajstić information content (AvgIpc) is 2.77. The highest BCUT2D eigenvalue weighted by molar-refractivity contribution is 7.80. The van der Waals surface area contributed by atoms with Gasteiger partial charge >= 0.3 is 0 Å². The van der Waals surface area contributed by atoms with Gasteiger partial charge in [-0.05, 0) is 66.4 Å². The predicted octanol–water partition coefficient (Wildman–Crippen LogP) is 7.06. The Morgan fingerprint density at radius 3 is 1.84 bits per heavy atom. The molecule has 0 amide bonds. The van der Waals surface area contributed by atoms with Gasteiger partial charge in [0.05, 0.1) is 6.10 Å². The summed E-state index contributed by atoms with van der Waals surface area (Å²) < 4.78 is 0. The first-order chi connectivity index (χ1) is 15.4. The highest BCUT2D eigenvalue weighted by Gasteiger charge is 2.22. The van der Waals surface area contributed by atoms with Crippen molar-refractivity contribution in [1.82, 2.24) is 4.90 Å². The normalized spacial score (nSPS) is 12.6. The predicted molar refractivity (Wildman–Crippen MR) is 140 cm³/mol. The van der Waals surface area contributed by atoms with Gasteiger partial charge in [-0.1, -0.05) is 85.0 Å². The Morgan fingerprint density at radius 1 is 0.781 bits per heavy atom. The van der Waals surface area contributed by atoms with Crippen LogP contribution in [0, 0.1) is 0 Å². The van der Waals surface area contributed by atoms with Crippen LogP contribution in [0.25, 0.3) is 21.5 Å². The molecule has 32 heavy (non-hydrogen) atoms. The van der Waals surface area contributed by atoms with Gasteiger partial charge in [0, 0.05) is 24.1 Å². The summed E-state index contributed by atoms with van der Waals surface area (Å²) in [4.78, 5) is 3.12. The molecule has 164 valence electrons. The Balaban J connectivity index is 1.79. The first-order valence-corrected chi connectivity index (χ1v) is 11.8. The molecular weight excluding hydrogens is 410 g/mol. The molecule has 0 aromatic heterocycles. The summed E-state index contributed by atoms with van der Waals surface area (Å²) in [5, 5.41) is 16.1. The van der Waals surface area contributed by atoms with Crippen molar-refractivity contribution in [1.29, 1.82) is 0 Å². The number of benzene rings is 4. The van der Waals surface area contributed by atoms with Crippen molar-refractivity contribution >= 4 is 38.8 Å². The van der Waals surface area contributed by atoms with Gasteiger partial charge in [0.1, 0.15) is 4.99 Å². The molecule has 0 fully saturated rings. The van der Waals surface area contributed by atoms with Crippen molar-refractivity contribution in [2.24, 2.45) is 0 Å². The van der Waals surface area contributed by atoms with Gasteiger partial charge in [0.25, 0.3) is 0 Å². The SMILES string of the molecule is CC(C)N(C(=S)c1ccccc1CC(O)c1c2ccccc2cc2ccccc12)C(C)C. The Labute approximate surface area is 196 Å². The minimum absolute atomic E-state index is 0.308. The van der Waals surface area contributed by atoms with Gasteiger partial charge in [-0.3, -0.25) is 0 Å². The molecule has 0 bridgehead atoms. The van der Waals surface area contributed by atoms with Crippen LogP contribution in [0.5, 0.6) is 0 Å². The molecular formula is C29H31NOS. The minimum Gasteiger partial charge on any atom is -0.388 e. The fraction of sp³-hybridized carbons (Fsp3) is 0.276. The summed E-state index contributed by atoms with van der Waals surface area (Å²) in [6.45, 7) is 8.69. The zero-order valence-electron chi connectivity index (χ0n) is 19.2. The average molecular weight is 442 g/mol. The molecule has 0 radical (unpaired) electrons. The van der Waals surface area contributed by atoms with E-state index in [0.29, 0.717) is 18.5 Å². The zero-order chi connectivity index (χ0) is 22.8. The number of nitrogens with zero attached hydrogens (tertiary/aromatic N) is 1. The van der Waals surface area contributed by atoms with Crippen LogP contribution in [0.1, 0.15) is 50.5 Å². The Hall–Kier alpha value is -2.75. The van der Waals surface area contributed by atoms with Crippen LogP contribution in [-0.2, 0) is 6.42 Å². The van der Waals surface area contributed by atoms with Crippen LogP contribution < -0.4 is 0 Å². The lowest BCUT2D eigenvalue weighted by molar-refractivity contribution is 0.181. The Kier molecular flexibility index (Phi) is 6.59. The van der Waals surface area contributed by atoms with Crippen molar-refractivity contribution in [2.75, 3.05) is 0 Å². The van der Waals surface area contributed by atoms with E-state index in [1.807, 2.05) is 36.4 Å². The number of hydrogen-bond donors (Lipinski definition) is 1. The number of thiocarbonyl (C=S) groups is 1. The fourth-order valence-corrected chi connectivity index (χ4v) is 5.45. The van der Waals surface area contributed by atoms with E-state index in [9.17, 15) is 5.11 Å². The molecule has 0 aliphatic heterocycles. The van der Waals surface area contributed by atoms with Crippen LogP contribution in [0.4, 0.5) is 0 Å². The molecule has 0 aliphatic carbocycles. The molecule has 1 unspecified atom stereocenters. The molecule has 0 saturated heterocycles. The maximum atomic E-state index is 11.6. The quantitative estimate of drug-likeness (QED) is 0.256. The Bertz CT molecular complexity index is 1200. The second-order valence-corrected chi connectivity index (χ2v) is 9.40. The lowest BCUT2D eigenvalue weighted by Gasteiger charge is -2.34. The van der Waals surface area contributed by atoms with Gasteiger partial charge in [0.2, 0.25) is 0 Å². The topological polar surface area (TPSA) is 23.5 Å². The third-order valence-electron chi connectivity index (χ3n) is 6.15. The van der Waals surface area contributed by atoms with Crippen LogP contribution in [-0.4, -0.2) is 27.1 Å². The molecule has 4 aromatic carbocycles. The van der Waals surface area contributed by atoms with Gasteiger partial charge in [0.15, 0.2) is 0 Å². The van der Waals surface area contributed by atoms with Crippen LogP contribution in [0.2, 0.25) is 0 Å². The molecule has 3 heteroatoms. The van der Waals surface area contributed by atoms with E-state index in [4.69, 9.17) is 12.2 Å². The number of hydrogen-bond acceptors (Lipinski definition) is 2. The maximum Gasteiger partial charge on any atom is 0.109 e. The van der Waals surface area contributed by atoms with E-state index < -0.39 is 6.10 Å². The fourth-order valence-electron chi connectivity index (χ4n) is 4.83. The van der Waals surface area contributed by atoms with E-state index in [0.717, 1.165) is 43.2 Å². The maximum absolute atomic E-state index is 11.6. The van der Waals surface area contributed by atoms with Crippen molar-refractivity contribution in [3.8, 4) is 0 Å². The smallest absolute Gasteiger partial charge is 0.109 e.